The van der Waals surface area contributed by atoms with Crippen molar-refractivity contribution in [1.29, 1.82) is 0 Å². The minimum absolute atomic E-state index is 0.995. The highest BCUT2D eigenvalue weighted by atomic mass is 32.1. The lowest BCUT2D eigenvalue weighted by molar-refractivity contribution is 1.33. The molecule has 0 N–H and O–H groups in total. The van der Waals surface area contributed by atoms with Crippen LogP contribution in [0.3, 0.4) is 0 Å². The van der Waals surface area contributed by atoms with Gasteiger partial charge in [-0.05, 0) is 66.3 Å². The fourth-order valence-electron chi connectivity index (χ4n) is 2.82. The van der Waals surface area contributed by atoms with E-state index in [1.54, 1.807) is 0 Å². The monoisotopic (exact) mass is 304 g/mol. The Labute approximate surface area is 138 Å². The van der Waals surface area contributed by atoms with Crippen LogP contribution in [0.25, 0.3) is 22.3 Å². The summed E-state index contributed by atoms with van der Waals surface area (Å²) in [4.78, 5) is 0.995. The van der Waals surface area contributed by atoms with Gasteiger partial charge in [-0.25, -0.2) is 0 Å². The van der Waals surface area contributed by atoms with Gasteiger partial charge in [-0.3, -0.25) is 0 Å². The molecule has 0 saturated heterocycles. The average molecular weight is 304 g/mol. The molecule has 3 aromatic rings. The molecule has 0 fully saturated rings. The first kappa shape index (κ1) is 14.9. The van der Waals surface area contributed by atoms with E-state index in [1.807, 2.05) is 12.1 Å². The Morgan fingerprint density at radius 3 is 1.41 bits per heavy atom. The highest BCUT2D eigenvalue weighted by Gasteiger charge is 2.09. The van der Waals surface area contributed by atoms with Gasteiger partial charge in [0.25, 0.3) is 0 Å². The van der Waals surface area contributed by atoms with Gasteiger partial charge < -0.3 is 0 Å². The van der Waals surface area contributed by atoms with Crippen molar-refractivity contribution < 1.29 is 0 Å². The normalized spacial score (nSPS) is 10.7. The van der Waals surface area contributed by atoms with E-state index in [9.17, 15) is 0 Å². The van der Waals surface area contributed by atoms with Crippen LogP contribution in [0.15, 0.2) is 65.6 Å². The summed E-state index contributed by atoms with van der Waals surface area (Å²) in [5, 5.41) is 0. The quantitative estimate of drug-likeness (QED) is 0.533. The molecule has 0 aliphatic rings. The zero-order valence-corrected chi connectivity index (χ0v) is 14.1. The largest absolute Gasteiger partial charge is 0.143 e. The van der Waals surface area contributed by atoms with E-state index in [0.29, 0.717) is 0 Å². The first-order valence-electron chi connectivity index (χ1n) is 7.53. The Morgan fingerprint density at radius 1 is 0.545 bits per heavy atom. The van der Waals surface area contributed by atoms with E-state index in [-0.39, 0.29) is 0 Å². The average Bonchev–Trinajstić information content (AvgIpc) is 2.52. The van der Waals surface area contributed by atoms with Crippen LogP contribution in [0.1, 0.15) is 16.7 Å². The standard InChI is InChI=1S/C21H20S/c1-14-4-6-17(7-5-14)20-12-13-21(16(3)15(20)2)18-8-10-19(22)11-9-18/h4-13,22H,1-3H3. The topological polar surface area (TPSA) is 0 Å². The van der Waals surface area contributed by atoms with Crippen molar-refractivity contribution in [3.8, 4) is 22.3 Å². The van der Waals surface area contributed by atoms with E-state index in [4.69, 9.17) is 0 Å². The van der Waals surface area contributed by atoms with E-state index in [2.05, 4.69) is 81.9 Å². The zero-order valence-electron chi connectivity index (χ0n) is 13.2. The van der Waals surface area contributed by atoms with Crippen LogP contribution in [0.4, 0.5) is 0 Å². The predicted molar refractivity (Wildman–Crippen MR) is 98.8 cm³/mol. The van der Waals surface area contributed by atoms with Gasteiger partial charge in [-0.2, -0.15) is 0 Å². The third-order valence-electron chi connectivity index (χ3n) is 4.33. The van der Waals surface area contributed by atoms with Crippen molar-refractivity contribution in [2.24, 2.45) is 0 Å². The van der Waals surface area contributed by atoms with Crippen molar-refractivity contribution in [2.45, 2.75) is 25.7 Å². The maximum Gasteiger partial charge on any atom is 0.00404 e. The summed E-state index contributed by atoms with van der Waals surface area (Å²) < 4.78 is 0. The molecule has 0 unspecified atom stereocenters. The summed E-state index contributed by atoms with van der Waals surface area (Å²) >= 11 is 4.36. The van der Waals surface area contributed by atoms with Crippen molar-refractivity contribution in [3.63, 3.8) is 0 Å². The molecule has 0 radical (unpaired) electrons. The van der Waals surface area contributed by atoms with Gasteiger partial charge in [0.15, 0.2) is 0 Å². The highest BCUT2D eigenvalue weighted by Crippen LogP contribution is 2.33. The molecule has 3 aromatic carbocycles. The van der Waals surface area contributed by atoms with E-state index in [0.717, 1.165) is 4.90 Å². The molecule has 0 heterocycles. The molecule has 0 spiro atoms. The van der Waals surface area contributed by atoms with Crippen LogP contribution >= 0.6 is 12.6 Å². The molecule has 0 aliphatic heterocycles. The van der Waals surface area contributed by atoms with Crippen LogP contribution < -0.4 is 0 Å². The van der Waals surface area contributed by atoms with Gasteiger partial charge in [0, 0.05) is 4.90 Å². The zero-order chi connectivity index (χ0) is 15.7. The van der Waals surface area contributed by atoms with Gasteiger partial charge in [0.2, 0.25) is 0 Å². The van der Waals surface area contributed by atoms with Crippen LogP contribution in [0, 0.1) is 20.8 Å². The second-order valence-corrected chi connectivity index (χ2v) is 6.34. The van der Waals surface area contributed by atoms with E-state index in [1.165, 1.54) is 38.9 Å². The van der Waals surface area contributed by atoms with Crippen molar-refractivity contribution >= 4 is 12.6 Å². The molecule has 1 heteroatoms. The third kappa shape index (κ3) is 2.82. The van der Waals surface area contributed by atoms with Gasteiger partial charge in [0.05, 0.1) is 0 Å². The predicted octanol–water partition coefficient (Wildman–Crippen LogP) is 6.23. The number of thiol groups is 1. The minimum Gasteiger partial charge on any atom is -0.143 e. The van der Waals surface area contributed by atoms with Gasteiger partial charge >= 0.3 is 0 Å². The van der Waals surface area contributed by atoms with Crippen LogP contribution in [0.5, 0.6) is 0 Å². The number of rotatable bonds is 2. The molecule has 0 nitrogen and oxygen atoms in total. The van der Waals surface area contributed by atoms with Gasteiger partial charge in [0.1, 0.15) is 0 Å². The molecule has 0 saturated carbocycles. The van der Waals surface area contributed by atoms with Crippen LogP contribution in [-0.4, -0.2) is 0 Å². The Balaban J connectivity index is 2.08. The van der Waals surface area contributed by atoms with Gasteiger partial charge in [-0.1, -0.05) is 54.1 Å². The third-order valence-corrected chi connectivity index (χ3v) is 4.63. The van der Waals surface area contributed by atoms with Gasteiger partial charge in [-0.15, -0.1) is 12.6 Å². The van der Waals surface area contributed by atoms with Crippen molar-refractivity contribution in [3.05, 3.63) is 77.4 Å². The number of hydrogen-bond donors (Lipinski definition) is 1. The Morgan fingerprint density at radius 2 is 0.955 bits per heavy atom. The maximum atomic E-state index is 4.36. The molecule has 0 amide bonds. The molecule has 0 bridgehead atoms. The first-order chi connectivity index (χ1) is 10.6. The van der Waals surface area contributed by atoms with E-state index >= 15 is 0 Å². The number of aryl methyl sites for hydroxylation is 1. The van der Waals surface area contributed by atoms with Crippen molar-refractivity contribution in [1.82, 2.24) is 0 Å². The lowest BCUT2D eigenvalue weighted by Gasteiger charge is -2.14. The Hall–Kier alpha value is -1.99. The molecule has 0 aliphatic carbocycles. The van der Waals surface area contributed by atoms with E-state index < -0.39 is 0 Å². The summed E-state index contributed by atoms with van der Waals surface area (Å²) in [5.74, 6) is 0. The second kappa shape index (κ2) is 6.02. The van der Waals surface area contributed by atoms with Crippen molar-refractivity contribution in [2.75, 3.05) is 0 Å². The maximum absolute atomic E-state index is 4.36. The smallest absolute Gasteiger partial charge is 0.00404 e. The molecule has 0 aromatic heterocycles. The van der Waals surface area contributed by atoms with Crippen LogP contribution in [-0.2, 0) is 0 Å². The lowest BCUT2D eigenvalue weighted by atomic mass is 9.90. The fraction of sp³-hybridized carbons (Fsp3) is 0.143. The highest BCUT2D eigenvalue weighted by molar-refractivity contribution is 7.80. The number of benzene rings is 3. The molecular weight excluding hydrogens is 284 g/mol. The second-order valence-electron chi connectivity index (χ2n) is 5.82. The molecular formula is C21H20S. The Kier molecular flexibility index (Phi) is 4.08. The summed E-state index contributed by atoms with van der Waals surface area (Å²) in [6.07, 6.45) is 0. The summed E-state index contributed by atoms with van der Waals surface area (Å²) in [5.41, 5.74) is 9.11. The molecule has 3 rings (SSSR count). The summed E-state index contributed by atoms with van der Waals surface area (Å²) in [6.45, 7) is 6.54. The number of hydrogen-bond acceptors (Lipinski definition) is 1. The molecule has 0 atom stereocenters. The Bertz CT molecular complexity index is 726. The molecule has 110 valence electrons. The molecule has 22 heavy (non-hydrogen) atoms. The fourth-order valence-corrected chi connectivity index (χ4v) is 2.97. The van der Waals surface area contributed by atoms with Crippen LogP contribution in [0.2, 0.25) is 0 Å². The first-order valence-corrected chi connectivity index (χ1v) is 7.97. The summed E-state index contributed by atoms with van der Waals surface area (Å²) in [6, 6.07) is 21.6. The SMILES string of the molecule is Cc1ccc(-c2ccc(-c3ccc(S)cc3)c(C)c2C)cc1. The summed E-state index contributed by atoms with van der Waals surface area (Å²) in [7, 11) is 0. The minimum atomic E-state index is 0.995. The lowest BCUT2D eigenvalue weighted by Crippen LogP contribution is -1.92.